The summed E-state index contributed by atoms with van der Waals surface area (Å²) in [5.74, 6) is 0.989. The monoisotopic (exact) mass is 390 g/mol. The lowest BCUT2D eigenvalue weighted by atomic mass is 10.1. The molecule has 9 heteroatoms. The molecule has 2 aromatic rings. The summed E-state index contributed by atoms with van der Waals surface area (Å²) in [6.07, 6.45) is -0.129. The van der Waals surface area contributed by atoms with Gasteiger partial charge in [0.1, 0.15) is 12.4 Å². The smallest absolute Gasteiger partial charge is 0.302 e. The van der Waals surface area contributed by atoms with Crippen LogP contribution in [0.15, 0.2) is 24.3 Å². The Morgan fingerprint density at radius 1 is 1.32 bits per heavy atom. The van der Waals surface area contributed by atoms with Gasteiger partial charge in [0.2, 0.25) is 0 Å². The van der Waals surface area contributed by atoms with E-state index in [1.54, 1.807) is 0 Å². The second-order valence-electron chi connectivity index (χ2n) is 7.15. The van der Waals surface area contributed by atoms with Crippen molar-refractivity contribution in [2.75, 3.05) is 6.61 Å². The van der Waals surface area contributed by atoms with E-state index in [1.807, 2.05) is 38.1 Å². The topological polar surface area (TPSA) is 109 Å². The number of benzene rings is 1. The molecule has 1 fully saturated rings. The molecule has 1 aromatic heterocycles. The molecule has 0 spiro atoms. The highest BCUT2D eigenvalue weighted by atomic mass is 16.6. The van der Waals surface area contributed by atoms with Gasteiger partial charge in [-0.3, -0.25) is 4.79 Å². The third kappa shape index (κ3) is 5.74. The van der Waals surface area contributed by atoms with Crippen molar-refractivity contribution in [1.82, 2.24) is 20.2 Å². The van der Waals surface area contributed by atoms with Crippen LogP contribution >= 0.6 is 0 Å². The number of carbonyl (C=O) groups excluding carboxylic acids is 1. The Kier molecular flexibility index (Phi) is 6.58. The van der Waals surface area contributed by atoms with Gasteiger partial charge in [0.25, 0.3) is 0 Å². The molecule has 0 saturated carbocycles. The molecule has 1 aliphatic rings. The van der Waals surface area contributed by atoms with E-state index in [0.717, 1.165) is 11.3 Å². The van der Waals surface area contributed by atoms with Crippen molar-refractivity contribution in [2.24, 2.45) is 0 Å². The molecule has 1 saturated heterocycles. The van der Waals surface area contributed by atoms with Crippen LogP contribution in [0.25, 0.3) is 0 Å². The highest BCUT2D eigenvalue weighted by molar-refractivity contribution is 5.65. The average molecular weight is 390 g/mol. The van der Waals surface area contributed by atoms with Gasteiger partial charge < -0.3 is 19.3 Å². The Labute approximate surface area is 163 Å². The van der Waals surface area contributed by atoms with Crippen molar-refractivity contribution in [2.45, 2.75) is 64.6 Å². The lowest BCUT2D eigenvalue weighted by molar-refractivity contribution is -0.169. The number of esters is 1. The zero-order chi connectivity index (χ0) is 20.1. The van der Waals surface area contributed by atoms with Gasteiger partial charge in [-0.1, -0.05) is 12.1 Å². The highest BCUT2D eigenvalue weighted by Crippen LogP contribution is 2.26. The van der Waals surface area contributed by atoms with E-state index in [2.05, 4.69) is 15.4 Å². The Morgan fingerprint density at radius 2 is 2.07 bits per heavy atom. The number of hydrogen-bond donors (Lipinski definition) is 1. The van der Waals surface area contributed by atoms with Crippen LogP contribution in [0.5, 0.6) is 5.75 Å². The van der Waals surface area contributed by atoms with Crippen molar-refractivity contribution in [3.8, 4) is 5.75 Å². The summed E-state index contributed by atoms with van der Waals surface area (Å²) >= 11 is 0. The Morgan fingerprint density at radius 3 is 2.75 bits per heavy atom. The molecular weight excluding hydrogens is 364 g/mol. The first-order valence-corrected chi connectivity index (χ1v) is 9.40. The Balaban J connectivity index is 1.60. The van der Waals surface area contributed by atoms with Crippen LogP contribution in [-0.4, -0.2) is 56.2 Å². The van der Waals surface area contributed by atoms with Gasteiger partial charge in [-0.25, -0.2) is 0 Å². The van der Waals surface area contributed by atoms with Crippen LogP contribution < -0.4 is 4.74 Å². The highest BCUT2D eigenvalue weighted by Gasteiger charge is 2.31. The average Bonchev–Trinajstić information content (AvgIpc) is 3.09. The summed E-state index contributed by atoms with van der Waals surface area (Å²) in [6, 6.07) is 7.77. The van der Waals surface area contributed by atoms with Crippen LogP contribution in [0.4, 0.5) is 0 Å². The van der Waals surface area contributed by atoms with Crippen molar-refractivity contribution in [1.29, 1.82) is 0 Å². The molecule has 0 bridgehead atoms. The maximum atomic E-state index is 11.0. The van der Waals surface area contributed by atoms with E-state index in [0.29, 0.717) is 25.1 Å². The van der Waals surface area contributed by atoms with Gasteiger partial charge in [0.05, 0.1) is 18.3 Å². The van der Waals surface area contributed by atoms with E-state index < -0.39 is 18.4 Å². The minimum atomic E-state index is -0.581. The fourth-order valence-corrected chi connectivity index (χ4v) is 3.02. The van der Waals surface area contributed by atoms with Crippen LogP contribution in [0.3, 0.4) is 0 Å². The van der Waals surface area contributed by atoms with Gasteiger partial charge in [0, 0.05) is 26.2 Å². The zero-order valence-corrected chi connectivity index (χ0v) is 16.3. The third-order valence-electron chi connectivity index (χ3n) is 4.22. The SMILES string of the molecule is CC(=O)OCC1CC(O)CC(n2nnc(Cc3ccc(OC(C)C)cc3)n2)O1. The van der Waals surface area contributed by atoms with E-state index in [4.69, 9.17) is 14.2 Å². The molecule has 3 rings (SSSR count). The molecule has 0 amide bonds. The summed E-state index contributed by atoms with van der Waals surface area (Å²) in [5.41, 5.74) is 1.04. The molecule has 1 aliphatic heterocycles. The fraction of sp³-hybridized carbons (Fsp3) is 0.579. The third-order valence-corrected chi connectivity index (χ3v) is 4.22. The largest absolute Gasteiger partial charge is 0.491 e. The molecule has 9 nitrogen and oxygen atoms in total. The van der Waals surface area contributed by atoms with Crippen LogP contribution in [0.2, 0.25) is 0 Å². The van der Waals surface area contributed by atoms with E-state index in [9.17, 15) is 9.90 Å². The molecule has 2 heterocycles. The second-order valence-corrected chi connectivity index (χ2v) is 7.15. The number of aliphatic hydroxyl groups excluding tert-OH is 1. The molecule has 1 N–H and O–H groups in total. The van der Waals surface area contributed by atoms with Gasteiger partial charge >= 0.3 is 5.97 Å². The van der Waals surface area contributed by atoms with Gasteiger partial charge in [0.15, 0.2) is 12.1 Å². The number of ether oxygens (including phenoxy) is 3. The molecule has 3 atom stereocenters. The first-order valence-electron chi connectivity index (χ1n) is 9.40. The number of aromatic nitrogens is 4. The number of tetrazole rings is 1. The normalized spacial score (nSPS) is 22.2. The van der Waals surface area contributed by atoms with Gasteiger partial charge in [-0.15, -0.1) is 15.0 Å². The molecule has 152 valence electrons. The van der Waals surface area contributed by atoms with Gasteiger partial charge in [-0.05, 0) is 36.8 Å². The molecule has 1 aromatic carbocycles. The first-order chi connectivity index (χ1) is 13.4. The number of rotatable bonds is 7. The second kappa shape index (κ2) is 9.11. The summed E-state index contributed by atoms with van der Waals surface area (Å²) in [7, 11) is 0. The summed E-state index contributed by atoms with van der Waals surface area (Å²) in [6.45, 7) is 5.40. The van der Waals surface area contributed by atoms with Crippen molar-refractivity contribution in [3.63, 3.8) is 0 Å². The lowest BCUT2D eigenvalue weighted by Gasteiger charge is -2.31. The Bertz CT molecular complexity index is 777. The lowest BCUT2D eigenvalue weighted by Crippen LogP contribution is -2.37. The Hall–Kier alpha value is -2.52. The van der Waals surface area contributed by atoms with Crippen molar-refractivity contribution >= 4 is 5.97 Å². The summed E-state index contributed by atoms with van der Waals surface area (Å²) < 4.78 is 16.5. The van der Waals surface area contributed by atoms with Crippen molar-refractivity contribution < 1.29 is 24.1 Å². The maximum Gasteiger partial charge on any atom is 0.302 e. The molecule has 0 aliphatic carbocycles. The molecular formula is C19H26N4O5. The standard InChI is InChI=1S/C19H26N4O5/c1-12(2)27-16-6-4-14(5-7-16)8-18-20-22-23(21-18)19-10-15(25)9-17(28-19)11-26-13(3)24/h4-7,12,15,17,19,25H,8-11H2,1-3H3. The first kappa shape index (κ1) is 20.2. The van der Waals surface area contributed by atoms with Crippen LogP contribution in [0.1, 0.15) is 51.2 Å². The van der Waals surface area contributed by atoms with Crippen LogP contribution in [-0.2, 0) is 20.7 Å². The van der Waals surface area contributed by atoms with E-state index in [-0.39, 0.29) is 18.7 Å². The maximum absolute atomic E-state index is 11.0. The number of aliphatic hydroxyl groups is 1. The molecule has 3 unspecified atom stereocenters. The fourth-order valence-electron chi connectivity index (χ4n) is 3.02. The van der Waals surface area contributed by atoms with E-state index in [1.165, 1.54) is 11.7 Å². The summed E-state index contributed by atoms with van der Waals surface area (Å²) in [4.78, 5) is 12.4. The minimum absolute atomic E-state index is 0.0925. The number of carbonyl (C=O) groups is 1. The predicted molar refractivity (Wildman–Crippen MR) is 98.6 cm³/mol. The van der Waals surface area contributed by atoms with Gasteiger partial charge in [-0.2, -0.15) is 0 Å². The summed E-state index contributed by atoms with van der Waals surface area (Å²) in [5, 5.41) is 22.6. The van der Waals surface area contributed by atoms with Crippen molar-refractivity contribution in [3.05, 3.63) is 35.7 Å². The zero-order valence-electron chi connectivity index (χ0n) is 16.3. The van der Waals surface area contributed by atoms with E-state index >= 15 is 0 Å². The number of nitrogens with zero attached hydrogens (tertiary/aromatic N) is 4. The quantitative estimate of drug-likeness (QED) is 0.711. The minimum Gasteiger partial charge on any atom is -0.491 e. The van der Waals surface area contributed by atoms with Crippen LogP contribution in [0, 0.1) is 0 Å². The molecule has 28 heavy (non-hydrogen) atoms. The number of hydrogen-bond acceptors (Lipinski definition) is 8. The molecule has 0 radical (unpaired) electrons. The predicted octanol–water partition coefficient (Wildman–Crippen LogP) is 1.65.